The van der Waals surface area contributed by atoms with E-state index in [2.05, 4.69) is 25.8 Å². The summed E-state index contributed by atoms with van der Waals surface area (Å²) >= 11 is 0. The first-order valence-electron chi connectivity index (χ1n) is 7.02. The molecule has 2 heterocycles. The van der Waals surface area contributed by atoms with Gasteiger partial charge in [0.25, 0.3) is 0 Å². The quantitative estimate of drug-likeness (QED) is 0.834. The summed E-state index contributed by atoms with van der Waals surface area (Å²) in [5.74, 6) is 0.749. The van der Waals surface area contributed by atoms with Crippen molar-refractivity contribution in [3.05, 3.63) is 47.9 Å². The highest BCUT2D eigenvalue weighted by molar-refractivity contribution is 5.51. The summed E-state index contributed by atoms with van der Waals surface area (Å²) in [5, 5.41) is 17.7. The Bertz CT molecular complexity index is 732. The van der Waals surface area contributed by atoms with Gasteiger partial charge in [-0.2, -0.15) is 10.5 Å². The van der Waals surface area contributed by atoms with Crippen LogP contribution in [0, 0.1) is 22.7 Å². The zero-order chi connectivity index (χ0) is 15.4. The molecule has 0 bridgehead atoms. The number of aromatic nitrogens is 2. The number of nitriles is 2. The van der Waals surface area contributed by atoms with Crippen LogP contribution in [-0.2, 0) is 0 Å². The van der Waals surface area contributed by atoms with Crippen LogP contribution in [0.3, 0.4) is 0 Å². The Morgan fingerprint density at radius 1 is 0.864 bits per heavy atom. The number of rotatable bonds is 2. The maximum Gasteiger partial charge on any atom is 0.161 e. The van der Waals surface area contributed by atoms with Gasteiger partial charge in [0, 0.05) is 31.9 Å². The minimum atomic E-state index is 0.340. The van der Waals surface area contributed by atoms with Crippen molar-refractivity contribution in [2.24, 2.45) is 0 Å². The SMILES string of the molecule is N#Cc1ccc(N2CCN(c3cncc(C#N)n3)CC2)cc1. The summed E-state index contributed by atoms with van der Waals surface area (Å²) in [6, 6.07) is 11.8. The molecule has 1 fully saturated rings. The number of nitrogens with zero attached hydrogens (tertiary/aromatic N) is 6. The van der Waals surface area contributed by atoms with E-state index in [9.17, 15) is 0 Å². The molecule has 0 saturated carbocycles. The van der Waals surface area contributed by atoms with E-state index >= 15 is 0 Å². The molecule has 1 aromatic heterocycles. The van der Waals surface area contributed by atoms with Gasteiger partial charge in [0.15, 0.2) is 5.69 Å². The van der Waals surface area contributed by atoms with Crippen molar-refractivity contribution in [3.8, 4) is 12.1 Å². The average molecular weight is 290 g/mol. The zero-order valence-corrected chi connectivity index (χ0v) is 12.0. The second-order valence-corrected chi connectivity index (χ2v) is 5.01. The first kappa shape index (κ1) is 13.8. The molecule has 1 aromatic carbocycles. The minimum Gasteiger partial charge on any atom is -0.368 e. The summed E-state index contributed by atoms with van der Waals surface area (Å²) in [7, 11) is 0. The van der Waals surface area contributed by atoms with Crippen LogP contribution in [0.25, 0.3) is 0 Å². The number of benzene rings is 1. The molecular formula is C16H14N6. The van der Waals surface area contributed by atoms with Crippen LogP contribution in [0.15, 0.2) is 36.7 Å². The monoisotopic (exact) mass is 290 g/mol. The lowest BCUT2D eigenvalue weighted by atomic mass is 10.2. The molecule has 0 spiro atoms. The molecule has 0 amide bonds. The van der Waals surface area contributed by atoms with Crippen LogP contribution in [-0.4, -0.2) is 36.1 Å². The molecule has 1 aliphatic rings. The van der Waals surface area contributed by atoms with E-state index in [4.69, 9.17) is 10.5 Å². The maximum absolute atomic E-state index is 8.89. The normalized spacial score (nSPS) is 14.3. The highest BCUT2D eigenvalue weighted by Crippen LogP contribution is 2.19. The molecule has 3 rings (SSSR count). The number of hydrogen-bond acceptors (Lipinski definition) is 6. The Hall–Kier alpha value is -3.12. The predicted octanol–water partition coefficient (Wildman–Crippen LogP) is 1.55. The standard InChI is InChI=1S/C16H14N6/c17-9-13-1-3-15(4-2-13)21-5-7-22(8-6-21)16-12-19-11-14(10-18)20-16/h1-4,11-12H,5-8H2. The van der Waals surface area contributed by atoms with Crippen molar-refractivity contribution < 1.29 is 0 Å². The molecule has 0 aliphatic carbocycles. The van der Waals surface area contributed by atoms with Gasteiger partial charge in [-0.3, -0.25) is 4.98 Å². The van der Waals surface area contributed by atoms with Crippen molar-refractivity contribution in [3.63, 3.8) is 0 Å². The lowest BCUT2D eigenvalue weighted by Crippen LogP contribution is -2.46. The molecule has 22 heavy (non-hydrogen) atoms. The van der Waals surface area contributed by atoms with Gasteiger partial charge < -0.3 is 9.80 Å². The van der Waals surface area contributed by atoms with E-state index in [0.29, 0.717) is 11.3 Å². The second kappa shape index (κ2) is 6.11. The fourth-order valence-corrected chi connectivity index (χ4v) is 2.50. The highest BCUT2D eigenvalue weighted by atomic mass is 15.3. The summed E-state index contributed by atoms with van der Waals surface area (Å²) < 4.78 is 0. The highest BCUT2D eigenvalue weighted by Gasteiger charge is 2.18. The lowest BCUT2D eigenvalue weighted by molar-refractivity contribution is 0.646. The topological polar surface area (TPSA) is 79.8 Å². The van der Waals surface area contributed by atoms with E-state index in [1.165, 1.54) is 6.20 Å². The summed E-state index contributed by atoms with van der Waals surface area (Å²) in [6.07, 6.45) is 3.16. The van der Waals surface area contributed by atoms with E-state index < -0.39 is 0 Å². The number of anilines is 2. The van der Waals surface area contributed by atoms with Gasteiger partial charge in [0.1, 0.15) is 11.9 Å². The fraction of sp³-hybridized carbons (Fsp3) is 0.250. The lowest BCUT2D eigenvalue weighted by Gasteiger charge is -2.36. The van der Waals surface area contributed by atoms with Gasteiger partial charge in [-0.15, -0.1) is 0 Å². The van der Waals surface area contributed by atoms with Gasteiger partial charge in [-0.25, -0.2) is 4.98 Å². The first-order valence-corrected chi connectivity index (χ1v) is 7.02. The molecule has 1 aliphatic heterocycles. The van der Waals surface area contributed by atoms with Crippen LogP contribution < -0.4 is 9.80 Å². The Balaban J connectivity index is 1.67. The second-order valence-electron chi connectivity index (χ2n) is 5.01. The van der Waals surface area contributed by atoms with Crippen LogP contribution in [0.4, 0.5) is 11.5 Å². The molecule has 1 saturated heterocycles. The summed E-state index contributed by atoms with van der Waals surface area (Å²) in [4.78, 5) is 12.7. The molecular weight excluding hydrogens is 276 g/mol. The third-order valence-corrected chi connectivity index (χ3v) is 3.70. The van der Waals surface area contributed by atoms with Gasteiger partial charge in [-0.1, -0.05) is 0 Å². The van der Waals surface area contributed by atoms with E-state index in [1.54, 1.807) is 6.20 Å². The van der Waals surface area contributed by atoms with Gasteiger partial charge in [0.05, 0.1) is 24.0 Å². The molecule has 6 nitrogen and oxygen atoms in total. The van der Waals surface area contributed by atoms with Crippen LogP contribution >= 0.6 is 0 Å². The number of piperazine rings is 1. The van der Waals surface area contributed by atoms with Gasteiger partial charge in [-0.05, 0) is 24.3 Å². The Kier molecular flexibility index (Phi) is 3.84. The smallest absolute Gasteiger partial charge is 0.161 e. The van der Waals surface area contributed by atoms with Crippen LogP contribution in [0.1, 0.15) is 11.3 Å². The summed E-state index contributed by atoms with van der Waals surface area (Å²) in [5.41, 5.74) is 2.13. The molecule has 2 aromatic rings. The number of hydrogen-bond donors (Lipinski definition) is 0. The molecule has 0 unspecified atom stereocenters. The Morgan fingerprint density at radius 3 is 2.18 bits per heavy atom. The Morgan fingerprint density at radius 2 is 1.55 bits per heavy atom. The third kappa shape index (κ3) is 2.82. The van der Waals surface area contributed by atoms with Crippen molar-refractivity contribution >= 4 is 11.5 Å². The minimum absolute atomic E-state index is 0.340. The predicted molar refractivity (Wildman–Crippen MR) is 82.3 cm³/mol. The van der Waals surface area contributed by atoms with Crippen molar-refractivity contribution in [2.45, 2.75) is 0 Å². The van der Waals surface area contributed by atoms with Crippen LogP contribution in [0.5, 0.6) is 0 Å². The largest absolute Gasteiger partial charge is 0.368 e. The van der Waals surface area contributed by atoms with E-state index in [1.807, 2.05) is 30.3 Å². The van der Waals surface area contributed by atoms with Gasteiger partial charge in [0.2, 0.25) is 0 Å². The molecule has 0 radical (unpaired) electrons. The average Bonchev–Trinajstić information content (AvgIpc) is 2.62. The van der Waals surface area contributed by atoms with Gasteiger partial charge >= 0.3 is 0 Å². The van der Waals surface area contributed by atoms with Crippen molar-refractivity contribution in [1.29, 1.82) is 10.5 Å². The van der Waals surface area contributed by atoms with E-state index in [0.717, 1.165) is 37.7 Å². The van der Waals surface area contributed by atoms with E-state index in [-0.39, 0.29) is 0 Å². The molecule has 0 atom stereocenters. The molecule has 0 N–H and O–H groups in total. The zero-order valence-electron chi connectivity index (χ0n) is 12.0. The maximum atomic E-state index is 8.89. The fourth-order valence-electron chi connectivity index (χ4n) is 2.50. The molecule has 108 valence electrons. The van der Waals surface area contributed by atoms with Crippen LogP contribution in [0.2, 0.25) is 0 Å². The van der Waals surface area contributed by atoms with Crippen molar-refractivity contribution in [2.75, 3.05) is 36.0 Å². The van der Waals surface area contributed by atoms with Crippen molar-refractivity contribution in [1.82, 2.24) is 9.97 Å². The third-order valence-electron chi connectivity index (χ3n) is 3.70. The Labute approximate surface area is 128 Å². The summed E-state index contributed by atoms with van der Waals surface area (Å²) in [6.45, 7) is 3.38. The molecule has 6 heteroatoms. The first-order chi connectivity index (χ1) is 10.8.